The first kappa shape index (κ1) is 19.0. The smallest absolute Gasteiger partial charge is 0.253 e. The van der Waals surface area contributed by atoms with Crippen molar-refractivity contribution in [2.75, 3.05) is 43.1 Å². The molecular weight excluding hydrogens is 389 g/mol. The van der Waals surface area contributed by atoms with Crippen LogP contribution in [-0.2, 0) is 14.3 Å². The number of ether oxygens (including phenoxy) is 2. The van der Waals surface area contributed by atoms with Crippen LogP contribution in [0.2, 0.25) is 0 Å². The first-order valence-corrected chi connectivity index (χ1v) is 10.1. The van der Waals surface area contributed by atoms with Gasteiger partial charge in [-0.2, -0.15) is 0 Å². The van der Waals surface area contributed by atoms with Crippen molar-refractivity contribution in [1.82, 2.24) is 14.4 Å². The molecule has 2 fully saturated rings. The maximum Gasteiger partial charge on any atom is 0.253 e. The summed E-state index contributed by atoms with van der Waals surface area (Å²) in [5.41, 5.74) is 1.26. The highest BCUT2D eigenvalue weighted by atomic mass is 19.1. The van der Waals surface area contributed by atoms with Gasteiger partial charge in [0.1, 0.15) is 17.7 Å². The van der Waals surface area contributed by atoms with Gasteiger partial charge in [-0.1, -0.05) is 0 Å². The van der Waals surface area contributed by atoms with Crippen LogP contribution < -0.4 is 10.2 Å². The predicted octanol–water partition coefficient (Wildman–Crippen LogP) is 2.49. The number of rotatable bonds is 4. The third-order valence-corrected chi connectivity index (χ3v) is 5.43. The van der Waals surface area contributed by atoms with Gasteiger partial charge in [0.2, 0.25) is 5.78 Å². The zero-order chi connectivity index (χ0) is 20.5. The number of hydrogen-bond donors (Lipinski definition) is 1. The molecule has 0 aliphatic carbocycles. The molecule has 5 rings (SSSR count). The lowest BCUT2D eigenvalue weighted by Gasteiger charge is -2.27. The summed E-state index contributed by atoms with van der Waals surface area (Å²) in [4.78, 5) is 23.4. The minimum absolute atomic E-state index is 0.211. The second-order valence-electron chi connectivity index (χ2n) is 7.38. The molecule has 156 valence electrons. The largest absolute Gasteiger partial charge is 0.378 e. The number of nitrogens with one attached hydrogen (secondary N) is 1. The van der Waals surface area contributed by atoms with Crippen LogP contribution in [-0.4, -0.2) is 59.3 Å². The first-order chi connectivity index (χ1) is 14.7. The molecule has 1 atom stereocenters. The molecule has 1 unspecified atom stereocenters. The van der Waals surface area contributed by atoms with Crippen molar-refractivity contribution >= 4 is 23.2 Å². The van der Waals surface area contributed by atoms with Crippen LogP contribution in [0.5, 0.6) is 0 Å². The Morgan fingerprint density at radius 1 is 1.20 bits per heavy atom. The Morgan fingerprint density at radius 2 is 2.07 bits per heavy atom. The van der Waals surface area contributed by atoms with E-state index < -0.39 is 11.9 Å². The van der Waals surface area contributed by atoms with Crippen molar-refractivity contribution in [3.05, 3.63) is 42.5 Å². The normalized spacial score (nSPS) is 19.4. The summed E-state index contributed by atoms with van der Waals surface area (Å²) < 4.78 is 27.3. The highest BCUT2D eigenvalue weighted by Crippen LogP contribution is 2.27. The Morgan fingerprint density at radius 3 is 2.87 bits per heavy atom. The molecule has 8 nitrogen and oxygen atoms in total. The third kappa shape index (κ3) is 3.61. The van der Waals surface area contributed by atoms with Gasteiger partial charge in [0, 0.05) is 37.1 Å². The number of hydrogen-bond acceptors (Lipinski definition) is 6. The van der Waals surface area contributed by atoms with Gasteiger partial charge in [-0.25, -0.2) is 14.4 Å². The maximum atomic E-state index is 14.6. The molecule has 1 amide bonds. The van der Waals surface area contributed by atoms with Crippen LogP contribution >= 0.6 is 0 Å². The van der Waals surface area contributed by atoms with E-state index >= 15 is 0 Å². The molecule has 3 aromatic rings. The molecule has 2 aliphatic rings. The lowest BCUT2D eigenvalue weighted by molar-refractivity contribution is -0.124. The molecule has 2 saturated heterocycles. The minimum atomic E-state index is -0.448. The fourth-order valence-electron chi connectivity index (χ4n) is 3.84. The number of fused-ring (bicyclic) bond motifs is 1. The quantitative estimate of drug-likeness (QED) is 0.711. The maximum absolute atomic E-state index is 14.6. The molecule has 0 bridgehead atoms. The van der Waals surface area contributed by atoms with Crippen LogP contribution in [0.4, 0.5) is 15.9 Å². The topological polar surface area (TPSA) is 81.0 Å². The van der Waals surface area contributed by atoms with Crippen LogP contribution in [0.3, 0.4) is 0 Å². The molecule has 0 spiro atoms. The summed E-state index contributed by atoms with van der Waals surface area (Å²) in [6.07, 6.45) is 4.73. The second kappa shape index (κ2) is 8.00. The number of benzene rings is 1. The highest BCUT2D eigenvalue weighted by Gasteiger charge is 2.24. The van der Waals surface area contributed by atoms with Gasteiger partial charge in [-0.15, -0.1) is 0 Å². The number of imidazole rings is 1. The predicted molar refractivity (Wildman–Crippen MR) is 109 cm³/mol. The van der Waals surface area contributed by atoms with Gasteiger partial charge in [0.15, 0.2) is 0 Å². The van der Waals surface area contributed by atoms with Gasteiger partial charge in [0.25, 0.3) is 5.91 Å². The zero-order valence-corrected chi connectivity index (χ0v) is 16.4. The number of anilines is 2. The van der Waals surface area contributed by atoms with E-state index in [9.17, 15) is 9.18 Å². The number of halogens is 1. The zero-order valence-electron chi connectivity index (χ0n) is 16.4. The van der Waals surface area contributed by atoms with Crippen LogP contribution in [0.25, 0.3) is 17.0 Å². The van der Waals surface area contributed by atoms with Crippen molar-refractivity contribution in [3.8, 4) is 11.3 Å². The minimum Gasteiger partial charge on any atom is -0.378 e. The molecule has 1 N–H and O–H groups in total. The van der Waals surface area contributed by atoms with Gasteiger partial charge >= 0.3 is 0 Å². The summed E-state index contributed by atoms with van der Waals surface area (Å²) in [6.45, 7) is 3.52. The molecule has 4 heterocycles. The van der Waals surface area contributed by atoms with E-state index in [0.29, 0.717) is 49.0 Å². The number of carbonyl (C=O) groups excluding carboxylic acids is 1. The number of amides is 1. The number of carbonyl (C=O) groups is 1. The van der Waals surface area contributed by atoms with E-state index in [1.54, 1.807) is 18.3 Å². The standard InChI is InChI=1S/C21H22FN5O3/c22-16-4-3-14(24-20(28)18-2-1-9-30-18)12-15(16)17-5-6-27-19(13-23-21(27)25-17)26-7-10-29-11-8-26/h3-6,12-13,18H,1-2,7-11H2,(H,24,28). The lowest BCUT2D eigenvalue weighted by Crippen LogP contribution is -2.36. The molecule has 0 saturated carbocycles. The van der Waals surface area contributed by atoms with Crippen LogP contribution in [0, 0.1) is 5.82 Å². The Hall–Kier alpha value is -3.04. The molecule has 9 heteroatoms. The SMILES string of the molecule is O=C(Nc1ccc(F)c(-c2ccn3c(N4CCOCC4)cnc3n2)c1)C1CCCO1. The summed E-state index contributed by atoms with van der Waals surface area (Å²) in [5, 5.41) is 2.81. The van der Waals surface area contributed by atoms with Gasteiger partial charge in [0.05, 0.1) is 25.1 Å². The van der Waals surface area contributed by atoms with E-state index in [2.05, 4.69) is 20.2 Å². The third-order valence-electron chi connectivity index (χ3n) is 5.43. The van der Waals surface area contributed by atoms with Crippen molar-refractivity contribution in [2.45, 2.75) is 18.9 Å². The van der Waals surface area contributed by atoms with E-state index in [0.717, 1.165) is 25.3 Å². The Labute approximate surface area is 172 Å². The highest BCUT2D eigenvalue weighted by molar-refractivity contribution is 5.94. The molecule has 1 aromatic carbocycles. The fourth-order valence-corrected chi connectivity index (χ4v) is 3.84. The fraction of sp³-hybridized carbons (Fsp3) is 0.381. The van der Waals surface area contributed by atoms with E-state index in [4.69, 9.17) is 9.47 Å². The van der Waals surface area contributed by atoms with E-state index in [-0.39, 0.29) is 5.91 Å². The van der Waals surface area contributed by atoms with Crippen molar-refractivity contribution in [3.63, 3.8) is 0 Å². The molecular formula is C21H22FN5O3. The summed E-state index contributed by atoms with van der Waals surface area (Å²) in [7, 11) is 0. The van der Waals surface area contributed by atoms with Crippen molar-refractivity contribution in [2.24, 2.45) is 0 Å². The van der Waals surface area contributed by atoms with Crippen molar-refractivity contribution < 1.29 is 18.7 Å². The van der Waals surface area contributed by atoms with Gasteiger partial charge in [-0.3, -0.25) is 9.20 Å². The molecule has 2 aliphatic heterocycles. The number of aromatic nitrogens is 3. The number of morpholine rings is 1. The monoisotopic (exact) mass is 411 g/mol. The van der Waals surface area contributed by atoms with E-state index in [1.165, 1.54) is 12.1 Å². The summed E-state index contributed by atoms with van der Waals surface area (Å²) in [5.74, 6) is 0.798. The van der Waals surface area contributed by atoms with Crippen LogP contribution in [0.1, 0.15) is 12.8 Å². The summed E-state index contributed by atoms with van der Waals surface area (Å²) >= 11 is 0. The van der Waals surface area contributed by atoms with Gasteiger partial charge < -0.3 is 19.7 Å². The molecule has 2 aromatic heterocycles. The number of nitrogens with zero attached hydrogens (tertiary/aromatic N) is 4. The van der Waals surface area contributed by atoms with Gasteiger partial charge in [-0.05, 0) is 37.1 Å². The average molecular weight is 411 g/mol. The lowest BCUT2D eigenvalue weighted by atomic mass is 10.1. The van der Waals surface area contributed by atoms with Crippen molar-refractivity contribution in [1.29, 1.82) is 0 Å². The first-order valence-electron chi connectivity index (χ1n) is 10.1. The Balaban J connectivity index is 1.42. The Bertz CT molecular complexity index is 1070. The van der Waals surface area contributed by atoms with Crippen LogP contribution in [0.15, 0.2) is 36.7 Å². The molecule has 30 heavy (non-hydrogen) atoms. The Kier molecular flexibility index (Phi) is 5.06. The second-order valence-corrected chi connectivity index (χ2v) is 7.38. The summed E-state index contributed by atoms with van der Waals surface area (Å²) in [6, 6.07) is 6.21. The molecule has 0 radical (unpaired) electrons. The van der Waals surface area contributed by atoms with E-state index in [1.807, 2.05) is 10.6 Å². The average Bonchev–Trinajstić information content (AvgIpc) is 3.45.